The third-order valence-electron chi connectivity index (χ3n) is 2.54. The molecule has 0 aliphatic carbocycles. The molecule has 0 saturated heterocycles. The Hall–Kier alpha value is -2.57. The Kier molecular flexibility index (Phi) is 6.02. The molecule has 5 N–H and O–H groups in total. The number of carboxylic acids is 1. The quantitative estimate of drug-likeness (QED) is 0.576. The number of urea groups is 1. The second kappa shape index (κ2) is 7.78. The Bertz CT molecular complexity index is 476. The van der Waals surface area contributed by atoms with Crippen molar-refractivity contribution in [3.05, 3.63) is 35.9 Å². The fourth-order valence-electron chi connectivity index (χ4n) is 1.62. The van der Waals surface area contributed by atoms with Gasteiger partial charge in [-0.3, -0.25) is 9.59 Å². The van der Waals surface area contributed by atoms with Crippen LogP contribution in [0.1, 0.15) is 24.4 Å². The first-order valence-electron chi connectivity index (χ1n) is 6.08. The second-order valence-corrected chi connectivity index (χ2v) is 4.18. The van der Waals surface area contributed by atoms with E-state index in [9.17, 15) is 14.4 Å². The number of carbonyl (C=O) groups is 3. The number of hydrogen-bond acceptors (Lipinski definition) is 3. The average Bonchev–Trinajstić information content (AvgIpc) is 2.38. The molecule has 1 rings (SSSR count). The van der Waals surface area contributed by atoms with Crippen molar-refractivity contribution in [3.63, 3.8) is 0 Å². The highest BCUT2D eigenvalue weighted by Gasteiger charge is 2.17. The van der Waals surface area contributed by atoms with Crippen molar-refractivity contribution >= 4 is 17.9 Å². The zero-order valence-electron chi connectivity index (χ0n) is 10.8. The molecule has 1 atom stereocenters. The van der Waals surface area contributed by atoms with E-state index in [-0.39, 0.29) is 19.4 Å². The molecule has 0 aliphatic rings. The van der Waals surface area contributed by atoms with Gasteiger partial charge in [0.1, 0.15) is 0 Å². The molecule has 108 valence electrons. The van der Waals surface area contributed by atoms with Crippen molar-refractivity contribution in [2.24, 2.45) is 5.73 Å². The summed E-state index contributed by atoms with van der Waals surface area (Å²) in [6, 6.07) is 7.61. The van der Waals surface area contributed by atoms with Crippen molar-refractivity contribution in [2.75, 3.05) is 6.54 Å². The standard InChI is InChI=1S/C13H17N3O4/c14-11(17)6-7-15-13(20)16-10(8-12(18)19)9-4-2-1-3-5-9/h1-5,10H,6-8H2,(H2,14,17)(H,18,19)(H2,15,16,20). The minimum Gasteiger partial charge on any atom is -0.481 e. The number of nitrogens with two attached hydrogens (primary N) is 1. The van der Waals surface area contributed by atoms with Gasteiger partial charge in [-0.25, -0.2) is 4.79 Å². The van der Waals surface area contributed by atoms with Crippen LogP contribution in [0.25, 0.3) is 0 Å². The monoisotopic (exact) mass is 279 g/mol. The zero-order valence-corrected chi connectivity index (χ0v) is 10.8. The molecule has 1 aromatic carbocycles. The Morgan fingerprint density at radius 1 is 1.20 bits per heavy atom. The highest BCUT2D eigenvalue weighted by molar-refractivity contribution is 5.78. The summed E-state index contributed by atoms with van der Waals surface area (Å²) in [6.45, 7) is 0.107. The summed E-state index contributed by atoms with van der Waals surface area (Å²) < 4.78 is 0. The molecule has 7 nitrogen and oxygen atoms in total. The third-order valence-corrected chi connectivity index (χ3v) is 2.54. The highest BCUT2D eigenvalue weighted by atomic mass is 16.4. The SMILES string of the molecule is NC(=O)CCNC(=O)NC(CC(=O)O)c1ccccc1. The molecule has 0 bridgehead atoms. The third kappa shape index (κ3) is 5.85. The molecule has 0 fully saturated rings. The Labute approximate surface area is 116 Å². The molecule has 0 aliphatic heterocycles. The predicted octanol–water partition coefficient (Wildman–Crippen LogP) is 0.377. The topological polar surface area (TPSA) is 122 Å². The van der Waals surface area contributed by atoms with Crippen molar-refractivity contribution < 1.29 is 19.5 Å². The van der Waals surface area contributed by atoms with Crippen molar-refractivity contribution in [3.8, 4) is 0 Å². The largest absolute Gasteiger partial charge is 0.481 e. The molecular weight excluding hydrogens is 262 g/mol. The fourth-order valence-corrected chi connectivity index (χ4v) is 1.62. The predicted molar refractivity (Wildman–Crippen MR) is 71.8 cm³/mol. The van der Waals surface area contributed by atoms with E-state index >= 15 is 0 Å². The molecule has 0 saturated carbocycles. The molecule has 0 aromatic heterocycles. The first-order chi connectivity index (χ1) is 9.49. The first-order valence-corrected chi connectivity index (χ1v) is 6.08. The van der Waals surface area contributed by atoms with E-state index in [0.717, 1.165) is 0 Å². The number of aliphatic carboxylic acids is 1. The van der Waals surface area contributed by atoms with E-state index in [4.69, 9.17) is 10.8 Å². The molecule has 1 unspecified atom stereocenters. The van der Waals surface area contributed by atoms with Crippen LogP contribution in [0.15, 0.2) is 30.3 Å². The lowest BCUT2D eigenvalue weighted by molar-refractivity contribution is -0.137. The maximum absolute atomic E-state index is 11.6. The lowest BCUT2D eigenvalue weighted by Gasteiger charge is -2.17. The lowest BCUT2D eigenvalue weighted by Crippen LogP contribution is -2.39. The first kappa shape index (κ1) is 15.5. The molecule has 20 heavy (non-hydrogen) atoms. The van der Waals surface area contributed by atoms with E-state index in [2.05, 4.69) is 10.6 Å². The minimum atomic E-state index is -1.02. The van der Waals surface area contributed by atoms with Gasteiger partial charge in [0, 0.05) is 13.0 Å². The van der Waals surface area contributed by atoms with Gasteiger partial charge in [0.05, 0.1) is 12.5 Å². The van der Waals surface area contributed by atoms with Gasteiger partial charge in [-0.05, 0) is 5.56 Å². The van der Waals surface area contributed by atoms with Gasteiger partial charge in [0.15, 0.2) is 0 Å². The van der Waals surface area contributed by atoms with E-state index in [0.29, 0.717) is 5.56 Å². The van der Waals surface area contributed by atoms with E-state index in [1.54, 1.807) is 30.3 Å². The van der Waals surface area contributed by atoms with Crippen LogP contribution in [0, 0.1) is 0 Å². The molecule has 1 aromatic rings. The molecular formula is C13H17N3O4. The molecule has 3 amide bonds. The normalized spacial score (nSPS) is 11.4. The maximum atomic E-state index is 11.6. The van der Waals surface area contributed by atoms with Crippen molar-refractivity contribution in [1.82, 2.24) is 10.6 Å². The van der Waals surface area contributed by atoms with Crippen molar-refractivity contribution in [2.45, 2.75) is 18.9 Å². The number of carboxylic acid groups (broad SMARTS) is 1. The summed E-state index contributed by atoms with van der Waals surface area (Å²) in [4.78, 5) is 33.0. The van der Waals surface area contributed by atoms with Gasteiger partial charge in [-0.2, -0.15) is 0 Å². The lowest BCUT2D eigenvalue weighted by atomic mass is 10.0. The Morgan fingerprint density at radius 3 is 2.40 bits per heavy atom. The Balaban J connectivity index is 2.59. The van der Waals surface area contributed by atoms with Gasteiger partial charge in [0.2, 0.25) is 5.91 Å². The molecule has 0 heterocycles. The smallest absolute Gasteiger partial charge is 0.315 e. The van der Waals surface area contributed by atoms with Gasteiger partial charge in [-0.15, -0.1) is 0 Å². The van der Waals surface area contributed by atoms with Crippen LogP contribution in [-0.2, 0) is 9.59 Å². The number of benzene rings is 1. The number of hydrogen-bond donors (Lipinski definition) is 4. The summed E-state index contributed by atoms with van der Waals surface area (Å²) in [5, 5.41) is 13.9. The summed E-state index contributed by atoms with van der Waals surface area (Å²) >= 11 is 0. The number of rotatable bonds is 7. The van der Waals surface area contributed by atoms with Crippen LogP contribution >= 0.6 is 0 Å². The summed E-state index contributed by atoms with van der Waals surface area (Å²) in [6.07, 6.45) is -0.199. The van der Waals surface area contributed by atoms with Crippen LogP contribution in [0.4, 0.5) is 4.79 Å². The molecule has 0 radical (unpaired) electrons. The van der Waals surface area contributed by atoms with Crippen LogP contribution in [0.5, 0.6) is 0 Å². The zero-order chi connectivity index (χ0) is 15.0. The highest BCUT2D eigenvalue weighted by Crippen LogP contribution is 2.16. The van der Waals surface area contributed by atoms with Gasteiger partial charge < -0.3 is 21.5 Å². The summed E-state index contributed by atoms with van der Waals surface area (Å²) in [7, 11) is 0. The number of amides is 3. The average molecular weight is 279 g/mol. The fraction of sp³-hybridized carbons (Fsp3) is 0.308. The number of primary amides is 1. The summed E-state index contributed by atoms with van der Waals surface area (Å²) in [5.41, 5.74) is 5.64. The number of nitrogens with one attached hydrogen (secondary N) is 2. The van der Waals surface area contributed by atoms with E-state index in [1.807, 2.05) is 0 Å². The van der Waals surface area contributed by atoms with E-state index < -0.39 is 23.9 Å². The molecule has 7 heteroatoms. The molecule has 0 spiro atoms. The number of carbonyl (C=O) groups excluding carboxylic acids is 2. The van der Waals surface area contributed by atoms with Crippen LogP contribution in [0.3, 0.4) is 0 Å². The van der Waals surface area contributed by atoms with Crippen LogP contribution < -0.4 is 16.4 Å². The van der Waals surface area contributed by atoms with Crippen LogP contribution in [-0.4, -0.2) is 29.6 Å². The minimum absolute atomic E-state index is 0.0301. The van der Waals surface area contributed by atoms with Crippen LogP contribution in [0.2, 0.25) is 0 Å². The van der Waals surface area contributed by atoms with Gasteiger partial charge >= 0.3 is 12.0 Å². The maximum Gasteiger partial charge on any atom is 0.315 e. The summed E-state index contributed by atoms with van der Waals surface area (Å²) in [5.74, 6) is -1.54. The van der Waals surface area contributed by atoms with E-state index in [1.165, 1.54) is 0 Å². The van der Waals surface area contributed by atoms with Gasteiger partial charge in [0.25, 0.3) is 0 Å². The van der Waals surface area contributed by atoms with Crippen molar-refractivity contribution in [1.29, 1.82) is 0 Å². The van der Waals surface area contributed by atoms with Gasteiger partial charge in [-0.1, -0.05) is 30.3 Å². The Morgan fingerprint density at radius 2 is 1.85 bits per heavy atom. The second-order valence-electron chi connectivity index (χ2n) is 4.18.